The number of hydrogen-bond donors (Lipinski definition) is 1. The highest BCUT2D eigenvalue weighted by Crippen LogP contribution is 1.86. The van der Waals surface area contributed by atoms with Gasteiger partial charge in [0.25, 0.3) is 0 Å². The van der Waals surface area contributed by atoms with E-state index in [0.717, 1.165) is 12.8 Å². The Morgan fingerprint density at radius 3 is 2.86 bits per heavy atom. The average Bonchev–Trinajstić information content (AvgIpc) is 1.69. The lowest BCUT2D eigenvalue weighted by atomic mass is 10.3. The molecule has 2 heteroatoms. The predicted octanol–water partition coefficient (Wildman–Crippen LogP) is 1.45. The number of rotatable bonds is 3. The van der Waals surface area contributed by atoms with Crippen molar-refractivity contribution in [2.75, 3.05) is 0 Å². The fourth-order valence-corrected chi connectivity index (χ4v) is 0.288. The summed E-state index contributed by atoms with van der Waals surface area (Å²) in [5.41, 5.74) is 0. The highest BCUT2D eigenvalue weighted by Gasteiger charge is 1.75. The van der Waals surface area contributed by atoms with E-state index in [9.17, 15) is 0 Å². The van der Waals surface area contributed by atoms with E-state index in [1.54, 1.807) is 0 Å². The third-order valence-electron chi connectivity index (χ3n) is 0.627. The minimum Gasteiger partial charge on any atom is -0.411 e. The summed E-state index contributed by atoms with van der Waals surface area (Å²) < 4.78 is 0. The molecule has 0 rings (SSSR count). The molecule has 1 N–H and O–H groups in total. The fraction of sp³-hybridized carbons (Fsp3) is 0.600. The Balaban J connectivity index is 2.69. The van der Waals surface area contributed by atoms with Crippen LogP contribution in [0.3, 0.4) is 0 Å². The van der Waals surface area contributed by atoms with Crippen molar-refractivity contribution in [3.05, 3.63) is 6.42 Å². The van der Waals surface area contributed by atoms with E-state index in [-0.39, 0.29) is 0 Å². The molecule has 0 heterocycles. The molecule has 1 radical (unpaired) electrons. The highest BCUT2D eigenvalue weighted by molar-refractivity contribution is 5.66. The van der Waals surface area contributed by atoms with Gasteiger partial charge in [-0.25, -0.2) is 0 Å². The Labute approximate surface area is 43.8 Å². The first kappa shape index (κ1) is 6.47. The zero-order chi connectivity index (χ0) is 5.54. The van der Waals surface area contributed by atoms with Crippen LogP contribution >= 0.6 is 0 Å². The van der Waals surface area contributed by atoms with Crippen LogP contribution in [0.2, 0.25) is 0 Å². The van der Waals surface area contributed by atoms with E-state index in [1.807, 2.05) is 6.42 Å². The quantitative estimate of drug-likeness (QED) is 0.247. The van der Waals surface area contributed by atoms with Crippen LogP contribution in [0.15, 0.2) is 5.16 Å². The van der Waals surface area contributed by atoms with Crippen molar-refractivity contribution < 1.29 is 5.21 Å². The fourth-order valence-electron chi connectivity index (χ4n) is 0.288. The smallest absolute Gasteiger partial charge is 0.0473 e. The zero-order valence-electron chi connectivity index (χ0n) is 4.46. The molecule has 0 spiro atoms. The summed E-state index contributed by atoms with van der Waals surface area (Å²) in [5.74, 6) is 0. The molecular weight excluding hydrogens is 90.1 g/mol. The summed E-state index contributed by atoms with van der Waals surface area (Å²) in [4.78, 5) is 0. The van der Waals surface area contributed by atoms with Gasteiger partial charge in [0.05, 0.1) is 0 Å². The van der Waals surface area contributed by atoms with Gasteiger partial charge in [0.15, 0.2) is 0 Å². The van der Waals surface area contributed by atoms with Gasteiger partial charge in [-0.3, -0.25) is 0 Å². The topological polar surface area (TPSA) is 32.6 Å². The van der Waals surface area contributed by atoms with Crippen LogP contribution in [-0.4, -0.2) is 11.4 Å². The Morgan fingerprint density at radius 2 is 2.43 bits per heavy atom. The van der Waals surface area contributed by atoms with Crippen LogP contribution in [-0.2, 0) is 0 Å². The van der Waals surface area contributed by atoms with Crippen molar-refractivity contribution in [1.82, 2.24) is 0 Å². The standard InChI is InChI=1S/C5H10NO/c1-2-3-4-5-6-7/h4-5,7H,2-3H2,1H3/b6-5-. The van der Waals surface area contributed by atoms with E-state index in [1.165, 1.54) is 6.21 Å². The Kier molecular flexibility index (Phi) is 5.06. The monoisotopic (exact) mass is 100 g/mol. The molecule has 41 valence electrons. The van der Waals surface area contributed by atoms with Gasteiger partial charge < -0.3 is 5.21 Å². The second kappa shape index (κ2) is 5.47. The molecule has 0 atom stereocenters. The molecule has 7 heavy (non-hydrogen) atoms. The largest absolute Gasteiger partial charge is 0.411 e. The third kappa shape index (κ3) is 5.47. The molecule has 0 aromatic carbocycles. The minimum absolute atomic E-state index is 0.990. The molecule has 0 unspecified atom stereocenters. The highest BCUT2D eigenvalue weighted by atomic mass is 16.4. The van der Waals surface area contributed by atoms with Gasteiger partial charge in [0.2, 0.25) is 0 Å². The van der Waals surface area contributed by atoms with Crippen molar-refractivity contribution in [3.8, 4) is 0 Å². The van der Waals surface area contributed by atoms with Crippen LogP contribution in [0.25, 0.3) is 0 Å². The van der Waals surface area contributed by atoms with E-state index in [4.69, 9.17) is 5.21 Å². The molecule has 0 bridgehead atoms. The van der Waals surface area contributed by atoms with Crippen molar-refractivity contribution in [1.29, 1.82) is 0 Å². The second-order valence-electron chi connectivity index (χ2n) is 1.29. The number of unbranched alkanes of at least 4 members (excludes halogenated alkanes) is 2. The minimum atomic E-state index is 0.990. The predicted molar refractivity (Wildman–Crippen MR) is 29.5 cm³/mol. The maximum absolute atomic E-state index is 7.83. The SMILES string of the molecule is CCC[CH]/C=N\O. The number of nitrogens with zero attached hydrogens (tertiary/aromatic N) is 1. The summed E-state index contributed by atoms with van der Waals surface area (Å²) in [6.45, 7) is 2.07. The van der Waals surface area contributed by atoms with Crippen molar-refractivity contribution in [3.63, 3.8) is 0 Å². The lowest BCUT2D eigenvalue weighted by Gasteiger charge is -1.81. The molecule has 0 aliphatic rings. The average molecular weight is 100 g/mol. The maximum atomic E-state index is 7.83. The van der Waals surface area contributed by atoms with Crippen molar-refractivity contribution in [2.24, 2.45) is 5.16 Å². The summed E-state index contributed by atoms with van der Waals surface area (Å²) in [5, 5.41) is 10.6. The van der Waals surface area contributed by atoms with Gasteiger partial charge in [-0.15, -0.1) is 5.16 Å². The first-order valence-corrected chi connectivity index (χ1v) is 2.41. The van der Waals surface area contributed by atoms with E-state index >= 15 is 0 Å². The van der Waals surface area contributed by atoms with E-state index < -0.39 is 0 Å². The lowest BCUT2D eigenvalue weighted by molar-refractivity contribution is 0.321. The molecule has 2 nitrogen and oxygen atoms in total. The molecule has 0 aliphatic carbocycles. The van der Waals surface area contributed by atoms with Crippen LogP contribution in [0.1, 0.15) is 19.8 Å². The maximum Gasteiger partial charge on any atom is 0.0473 e. The Bertz CT molecular complexity index is 52.0. The molecular formula is C5H10NO. The molecule has 0 aromatic rings. The molecule has 0 saturated carbocycles. The Hall–Kier alpha value is -0.530. The molecule has 0 aliphatic heterocycles. The van der Waals surface area contributed by atoms with E-state index in [2.05, 4.69) is 12.1 Å². The normalized spacial score (nSPS) is 10.4. The molecule has 0 amide bonds. The number of oxime groups is 1. The third-order valence-corrected chi connectivity index (χ3v) is 0.627. The zero-order valence-corrected chi connectivity index (χ0v) is 4.46. The first-order chi connectivity index (χ1) is 3.41. The summed E-state index contributed by atoms with van der Waals surface area (Å²) in [7, 11) is 0. The first-order valence-electron chi connectivity index (χ1n) is 2.41. The van der Waals surface area contributed by atoms with Crippen LogP contribution in [0.4, 0.5) is 0 Å². The Morgan fingerprint density at radius 1 is 1.71 bits per heavy atom. The van der Waals surface area contributed by atoms with Gasteiger partial charge >= 0.3 is 0 Å². The van der Waals surface area contributed by atoms with Gasteiger partial charge in [-0.1, -0.05) is 13.3 Å². The van der Waals surface area contributed by atoms with Crippen LogP contribution < -0.4 is 0 Å². The summed E-state index contributed by atoms with van der Waals surface area (Å²) >= 11 is 0. The van der Waals surface area contributed by atoms with Crippen LogP contribution in [0.5, 0.6) is 0 Å². The van der Waals surface area contributed by atoms with Gasteiger partial charge in [-0.2, -0.15) is 0 Å². The molecule has 0 aromatic heterocycles. The van der Waals surface area contributed by atoms with E-state index in [0.29, 0.717) is 0 Å². The lowest BCUT2D eigenvalue weighted by Crippen LogP contribution is -1.74. The molecule has 0 saturated heterocycles. The molecule has 0 fully saturated rings. The summed E-state index contributed by atoms with van der Waals surface area (Å²) in [6.07, 6.45) is 5.31. The second-order valence-corrected chi connectivity index (χ2v) is 1.29. The number of hydrogen-bond acceptors (Lipinski definition) is 2. The van der Waals surface area contributed by atoms with Crippen molar-refractivity contribution >= 4 is 6.21 Å². The van der Waals surface area contributed by atoms with Gasteiger partial charge in [0.1, 0.15) is 0 Å². The summed E-state index contributed by atoms with van der Waals surface area (Å²) in [6, 6.07) is 0. The van der Waals surface area contributed by atoms with Gasteiger partial charge in [0, 0.05) is 12.6 Å². The van der Waals surface area contributed by atoms with Crippen molar-refractivity contribution in [2.45, 2.75) is 19.8 Å². The van der Waals surface area contributed by atoms with Crippen LogP contribution in [0, 0.1) is 6.42 Å². The van der Waals surface area contributed by atoms with Gasteiger partial charge in [-0.05, 0) is 6.42 Å².